The standard InChI is InChI=1S/C19H24FN5O2/c1-11(2)27-17-6-13(15(21)7-14(17)20)19(22)16-8-18(24-10-23-16)25-4-5-26-9-12(25)3/h6-8,10-12,22H,4-5,9,21H2,1-3H3. The van der Waals surface area contributed by atoms with Crippen LogP contribution in [0.2, 0.25) is 0 Å². The van der Waals surface area contributed by atoms with Crippen LogP contribution in [0.4, 0.5) is 15.9 Å². The van der Waals surface area contributed by atoms with E-state index < -0.39 is 5.82 Å². The van der Waals surface area contributed by atoms with Crippen molar-refractivity contribution in [3.05, 3.63) is 41.6 Å². The number of nitrogens with zero attached hydrogens (tertiary/aromatic N) is 3. The Hall–Kier alpha value is -2.74. The van der Waals surface area contributed by atoms with Gasteiger partial charge >= 0.3 is 0 Å². The molecule has 0 spiro atoms. The van der Waals surface area contributed by atoms with Crippen molar-refractivity contribution in [2.75, 3.05) is 30.4 Å². The minimum atomic E-state index is -0.553. The zero-order chi connectivity index (χ0) is 19.6. The van der Waals surface area contributed by atoms with Gasteiger partial charge in [-0.2, -0.15) is 0 Å². The molecule has 1 saturated heterocycles. The minimum absolute atomic E-state index is 0.0648. The molecule has 8 heteroatoms. The monoisotopic (exact) mass is 373 g/mol. The average molecular weight is 373 g/mol. The second-order valence-electron chi connectivity index (χ2n) is 6.79. The summed E-state index contributed by atoms with van der Waals surface area (Å²) in [4.78, 5) is 10.7. The smallest absolute Gasteiger partial charge is 0.167 e. The third kappa shape index (κ3) is 4.16. The number of nitrogens with one attached hydrogen (secondary N) is 1. The Bertz CT molecular complexity index is 843. The van der Waals surface area contributed by atoms with Gasteiger partial charge in [-0.3, -0.25) is 5.41 Å². The predicted octanol–water partition coefficient (Wildman–Crippen LogP) is 2.63. The molecule has 27 heavy (non-hydrogen) atoms. The maximum absolute atomic E-state index is 14.1. The van der Waals surface area contributed by atoms with Crippen molar-refractivity contribution in [1.82, 2.24) is 9.97 Å². The van der Waals surface area contributed by atoms with Gasteiger partial charge in [0, 0.05) is 29.9 Å². The molecule has 0 amide bonds. The van der Waals surface area contributed by atoms with E-state index in [4.69, 9.17) is 20.6 Å². The van der Waals surface area contributed by atoms with Gasteiger partial charge in [0.15, 0.2) is 11.6 Å². The fourth-order valence-electron chi connectivity index (χ4n) is 2.98. The molecule has 1 aromatic heterocycles. The van der Waals surface area contributed by atoms with E-state index in [9.17, 15) is 4.39 Å². The molecule has 1 aromatic carbocycles. The zero-order valence-corrected chi connectivity index (χ0v) is 15.7. The highest BCUT2D eigenvalue weighted by atomic mass is 19.1. The van der Waals surface area contributed by atoms with Gasteiger partial charge in [0.2, 0.25) is 0 Å². The summed E-state index contributed by atoms with van der Waals surface area (Å²) in [6.45, 7) is 7.64. The number of aromatic nitrogens is 2. The normalized spacial score (nSPS) is 17.2. The second-order valence-corrected chi connectivity index (χ2v) is 6.79. The number of hydrogen-bond donors (Lipinski definition) is 2. The predicted molar refractivity (Wildman–Crippen MR) is 102 cm³/mol. The number of halogens is 1. The Kier molecular flexibility index (Phi) is 5.55. The van der Waals surface area contributed by atoms with Gasteiger partial charge in [-0.1, -0.05) is 0 Å². The van der Waals surface area contributed by atoms with Crippen LogP contribution in [0.3, 0.4) is 0 Å². The third-order valence-corrected chi connectivity index (χ3v) is 4.31. The summed E-state index contributed by atoms with van der Waals surface area (Å²) in [5.74, 6) is 0.234. The van der Waals surface area contributed by atoms with Crippen LogP contribution in [-0.2, 0) is 4.74 Å². The topological polar surface area (TPSA) is 97.3 Å². The van der Waals surface area contributed by atoms with Gasteiger partial charge in [0.25, 0.3) is 0 Å². The van der Waals surface area contributed by atoms with Crippen LogP contribution in [-0.4, -0.2) is 47.6 Å². The lowest BCUT2D eigenvalue weighted by Crippen LogP contribution is -2.44. The van der Waals surface area contributed by atoms with E-state index in [1.54, 1.807) is 19.9 Å². The Morgan fingerprint density at radius 3 is 2.85 bits per heavy atom. The van der Waals surface area contributed by atoms with Crippen LogP contribution in [0.25, 0.3) is 0 Å². The largest absolute Gasteiger partial charge is 0.488 e. The summed E-state index contributed by atoms with van der Waals surface area (Å²) < 4.78 is 25.0. The fraction of sp³-hybridized carbons (Fsp3) is 0.421. The van der Waals surface area contributed by atoms with E-state index in [1.807, 2.05) is 0 Å². The van der Waals surface area contributed by atoms with Gasteiger partial charge in [0.05, 0.1) is 36.8 Å². The van der Waals surface area contributed by atoms with Crippen molar-refractivity contribution >= 4 is 17.2 Å². The van der Waals surface area contributed by atoms with Crippen LogP contribution >= 0.6 is 0 Å². The highest BCUT2D eigenvalue weighted by molar-refractivity contribution is 6.13. The van der Waals surface area contributed by atoms with Crippen molar-refractivity contribution in [2.24, 2.45) is 0 Å². The molecule has 0 bridgehead atoms. The summed E-state index contributed by atoms with van der Waals surface area (Å²) >= 11 is 0. The van der Waals surface area contributed by atoms with E-state index in [2.05, 4.69) is 21.8 Å². The van der Waals surface area contributed by atoms with Crippen LogP contribution in [0.5, 0.6) is 5.75 Å². The van der Waals surface area contributed by atoms with Crippen molar-refractivity contribution in [2.45, 2.75) is 32.9 Å². The first-order valence-electron chi connectivity index (χ1n) is 8.88. The molecule has 3 rings (SSSR count). The first kappa shape index (κ1) is 19.0. The number of morpholine rings is 1. The van der Waals surface area contributed by atoms with Gasteiger partial charge < -0.3 is 20.1 Å². The summed E-state index contributed by atoms with van der Waals surface area (Å²) in [5, 5.41) is 8.53. The summed E-state index contributed by atoms with van der Waals surface area (Å²) in [6, 6.07) is 4.55. The Morgan fingerprint density at radius 2 is 2.15 bits per heavy atom. The summed E-state index contributed by atoms with van der Waals surface area (Å²) in [6.07, 6.45) is 1.23. The molecule has 2 heterocycles. The highest BCUT2D eigenvalue weighted by Gasteiger charge is 2.22. The number of ether oxygens (including phenoxy) is 2. The van der Waals surface area contributed by atoms with E-state index in [0.29, 0.717) is 24.5 Å². The van der Waals surface area contributed by atoms with E-state index in [1.165, 1.54) is 18.5 Å². The lowest BCUT2D eigenvalue weighted by atomic mass is 10.0. The molecule has 7 nitrogen and oxygen atoms in total. The van der Waals surface area contributed by atoms with Gasteiger partial charge in [-0.25, -0.2) is 14.4 Å². The summed E-state index contributed by atoms with van der Waals surface area (Å²) in [5.41, 5.74) is 6.98. The molecule has 2 aromatic rings. The first-order valence-corrected chi connectivity index (χ1v) is 8.88. The number of hydrogen-bond acceptors (Lipinski definition) is 7. The van der Waals surface area contributed by atoms with E-state index in [0.717, 1.165) is 12.4 Å². The second kappa shape index (κ2) is 7.87. The van der Waals surface area contributed by atoms with Crippen LogP contribution < -0.4 is 15.4 Å². The molecule has 1 fully saturated rings. The molecule has 1 aliphatic heterocycles. The maximum Gasteiger partial charge on any atom is 0.167 e. The van der Waals surface area contributed by atoms with E-state index in [-0.39, 0.29) is 29.3 Å². The molecule has 1 atom stereocenters. The Labute approximate surface area is 157 Å². The number of benzene rings is 1. The molecule has 0 saturated carbocycles. The number of nitrogens with two attached hydrogens (primary N) is 1. The molecule has 0 aliphatic carbocycles. The molecule has 3 N–H and O–H groups in total. The third-order valence-electron chi connectivity index (χ3n) is 4.31. The van der Waals surface area contributed by atoms with Crippen molar-refractivity contribution in [3.8, 4) is 5.75 Å². The van der Waals surface area contributed by atoms with E-state index >= 15 is 0 Å². The fourth-order valence-corrected chi connectivity index (χ4v) is 2.98. The molecule has 1 unspecified atom stereocenters. The molecule has 1 aliphatic rings. The zero-order valence-electron chi connectivity index (χ0n) is 15.7. The number of nitrogen functional groups attached to an aromatic ring is 1. The molecule has 144 valence electrons. The minimum Gasteiger partial charge on any atom is -0.488 e. The quantitative estimate of drug-likeness (QED) is 0.618. The van der Waals surface area contributed by atoms with Crippen molar-refractivity contribution in [1.29, 1.82) is 5.41 Å². The molecular formula is C19H24FN5O2. The van der Waals surface area contributed by atoms with Crippen LogP contribution in [0.15, 0.2) is 24.5 Å². The number of anilines is 2. The van der Waals surface area contributed by atoms with Gasteiger partial charge in [-0.15, -0.1) is 0 Å². The molecular weight excluding hydrogens is 349 g/mol. The number of rotatable bonds is 5. The molecule has 0 radical (unpaired) electrons. The Balaban J connectivity index is 1.93. The van der Waals surface area contributed by atoms with Gasteiger partial charge in [0.1, 0.15) is 12.1 Å². The van der Waals surface area contributed by atoms with Crippen molar-refractivity contribution < 1.29 is 13.9 Å². The van der Waals surface area contributed by atoms with Crippen molar-refractivity contribution in [3.63, 3.8) is 0 Å². The Morgan fingerprint density at radius 1 is 1.37 bits per heavy atom. The SMILES string of the molecule is CC(C)Oc1cc(C(=N)c2cc(N3CCOCC3C)ncn2)c(N)cc1F. The van der Waals surface area contributed by atoms with Crippen LogP contribution in [0.1, 0.15) is 32.0 Å². The van der Waals surface area contributed by atoms with Crippen LogP contribution in [0, 0.1) is 11.2 Å². The average Bonchev–Trinajstić information content (AvgIpc) is 2.63. The highest BCUT2D eigenvalue weighted by Crippen LogP contribution is 2.27. The van der Waals surface area contributed by atoms with Gasteiger partial charge in [-0.05, 0) is 26.8 Å². The lowest BCUT2D eigenvalue weighted by Gasteiger charge is -2.34. The maximum atomic E-state index is 14.1. The lowest BCUT2D eigenvalue weighted by molar-refractivity contribution is 0.0985. The first-order chi connectivity index (χ1) is 12.9. The summed E-state index contributed by atoms with van der Waals surface area (Å²) in [7, 11) is 0.